The van der Waals surface area contributed by atoms with Crippen LogP contribution in [0.2, 0.25) is 5.02 Å². The maximum Gasteiger partial charge on any atom is 0.232 e. The molecule has 0 radical (unpaired) electrons. The number of amides is 1. The highest BCUT2D eigenvalue weighted by atomic mass is 35.5. The fraction of sp³-hybridized carbons (Fsp3) is 0.250. The van der Waals surface area contributed by atoms with Crippen LogP contribution in [0.3, 0.4) is 0 Å². The molecule has 1 atom stereocenters. The van der Waals surface area contributed by atoms with Gasteiger partial charge >= 0.3 is 0 Å². The van der Waals surface area contributed by atoms with E-state index in [2.05, 4.69) is 17.1 Å². The van der Waals surface area contributed by atoms with Crippen molar-refractivity contribution in [3.63, 3.8) is 0 Å². The normalized spacial score (nSPS) is 16.9. The minimum atomic E-state index is -0.442. The molecular formula is C20H17ClFN3O2. The molecule has 0 aliphatic carbocycles. The lowest BCUT2D eigenvalue weighted by atomic mass is 10.1. The van der Waals surface area contributed by atoms with Crippen LogP contribution >= 0.6 is 11.6 Å². The second kappa shape index (κ2) is 7.12. The van der Waals surface area contributed by atoms with Crippen molar-refractivity contribution >= 4 is 23.2 Å². The van der Waals surface area contributed by atoms with Crippen LogP contribution in [0.1, 0.15) is 30.7 Å². The summed E-state index contributed by atoms with van der Waals surface area (Å²) >= 11 is 6.09. The number of halogens is 2. The molecule has 0 saturated carbocycles. The third-order valence-electron chi connectivity index (χ3n) is 4.74. The molecule has 2 aromatic carbocycles. The first-order valence-corrected chi connectivity index (χ1v) is 9.11. The molecule has 5 nitrogen and oxygen atoms in total. The van der Waals surface area contributed by atoms with Crippen molar-refractivity contribution in [2.75, 3.05) is 11.4 Å². The van der Waals surface area contributed by atoms with Crippen molar-refractivity contribution in [3.05, 3.63) is 64.8 Å². The van der Waals surface area contributed by atoms with Gasteiger partial charge in [-0.25, -0.2) is 4.39 Å². The highest BCUT2D eigenvalue weighted by molar-refractivity contribution is 6.33. The van der Waals surface area contributed by atoms with Crippen LogP contribution in [0.4, 0.5) is 10.1 Å². The lowest BCUT2D eigenvalue weighted by molar-refractivity contribution is -0.117. The fourth-order valence-electron chi connectivity index (χ4n) is 3.21. The zero-order valence-electron chi connectivity index (χ0n) is 14.7. The third kappa shape index (κ3) is 3.45. The van der Waals surface area contributed by atoms with Crippen LogP contribution in [0.25, 0.3) is 11.4 Å². The van der Waals surface area contributed by atoms with Gasteiger partial charge in [-0.15, -0.1) is 0 Å². The Balaban J connectivity index is 1.54. The van der Waals surface area contributed by atoms with Gasteiger partial charge in [0, 0.05) is 18.5 Å². The molecular weight excluding hydrogens is 369 g/mol. The summed E-state index contributed by atoms with van der Waals surface area (Å²) in [5.41, 5.74) is 2.58. The van der Waals surface area contributed by atoms with Gasteiger partial charge in [0.15, 0.2) is 0 Å². The van der Waals surface area contributed by atoms with E-state index in [0.717, 1.165) is 12.0 Å². The highest BCUT2D eigenvalue weighted by Crippen LogP contribution is 2.35. The summed E-state index contributed by atoms with van der Waals surface area (Å²) in [6.07, 6.45) is 1.20. The van der Waals surface area contributed by atoms with E-state index in [0.29, 0.717) is 23.9 Å². The molecule has 2 heterocycles. The van der Waals surface area contributed by atoms with Gasteiger partial charge in [-0.3, -0.25) is 4.79 Å². The predicted octanol–water partition coefficient (Wildman–Crippen LogP) is 4.61. The third-order valence-corrected chi connectivity index (χ3v) is 5.04. The summed E-state index contributed by atoms with van der Waals surface area (Å²) in [7, 11) is 0. The molecule has 1 saturated heterocycles. The lowest BCUT2D eigenvalue weighted by Gasteiger charge is -2.17. The van der Waals surface area contributed by atoms with Crippen LogP contribution < -0.4 is 4.90 Å². The summed E-state index contributed by atoms with van der Waals surface area (Å²) in [5.74, 6) is 0.134. The monoisotopic (exact) mass is 385 g/mol. The van der Waals surface area contributed by atoms with Crippen molar-refractivity contribution in [2.24, 2.45) is 0 Å². The summed E-state index contributed by atoms with van der Waals surface area (Å²) in [6.45, 7) is 2.46. The number of benzene rings is 2. The molecule has 0 spiro atoms. The van der Waals surface area contributed by atoms with Crippen molar-refractivity contribution in [3.8, 4) is 11.4 Å². The second-order valence-corrected chi connectivity index (χ2v) is 6.92. The van der Waals surface area contributed by atoms with E-state index in [4.69, 9.17) is 16.1 Å². The van der Waals surface area contributed by atoms with Gasteiger partial charge < -0.3 is 9.42 Å². The Hall–Kier alpha value is -2.73. The van der Waals surface area contributed by atoms with E-state index in [-0.39, 0.29) is 23.3 Å². The molecule has 1 fully saturated rings. The van der Waals surface area contributed by atoms with E-state index in [9.17, 15) is 9.18 Å². The first-order chi connectivity index (χ1) is 13.0. The summed E-state index contributed by atoms with van der Waals surface area (Å²) in [6, 6.07) is 12.0. The average molecular weight is 386 g/mol. The van der Waals surface area contributed by atoms with Gasteiger partial charge in [-0.05, 0) is 30.2 Å². The average Bonchev–Trinajstić information content (AvgIpc) is 3.29. The molecule has 3 aromatic rings. The SMILES string of the molecule is CCc1ccc(-c2noc(C3CC(=O)N(c4ccc(F)cc4Cl)C3)n2)cc1. The Kier molecular flexibility index (Phi) is 4.66. The standard InChI is InChI=1S/C20H17ClFN3O2/c1-2-12-3-5-13(6-4-12)19-23-20(27-24-19)14-9-18(26)25(11-14)17-8-7-15(22)10-16(17)21/h3-8,10,14H,2,9,11H2,1H3. The number of aromatic nitrogens is 2. The molecule has 0 bridgehead atoms. The topological polar surface area (TPSA) is 59.2 Å². The molecule has 1 aliphatic rings. The number of aryl methyl sites for hydroxylation is 1. The Morgan fingerprint density at radius 2 is 2.04 bits per heavy atom. The van der Waals surface area contributed by atoms with Crippen molar-refractivity contribution in [2.45, 2.75) is 25.7 Å². The van der Waals surface area contributed by atoms with Crippen molar-refractivity contribution in [1.29, 1.82) is 0 Å². The lowest BCUT2D eigenvalue weighted by Crippen LogP contribution is -2.24. The Bertz CT molecular complexity index is 987. The Labute approximate surface area is 160 Å². The molecule has 1 unspecified atom stereocenters. The van der Waals surface area contributed by atoms with E-state index in [1.165, 1.54) is 28.7 Å². The molecule has 138 valence electrons. The van der Waals surface area contributed by atoms with Crippen LogP contribution in [-0.4, -0.2) is 22.6 Å². The molecule has 1 aliphatic heterocycles. The van der Waals surface area contributed by atoms with Crippen molar-refractivity contribution < 1.29 is 13.7 Å². The van der Waals surface area contributed by atoms with E-state index in [1.54, 1.807) is 0 Å². The minimum absolute atomic E-state index is 0.111. The minimum Gasteiger partial charge on any atom is -0.339 e. The molecule has 1 amide bonds. The predicted molar refractivity (Wildman–Crippen MR) is 100 cm³/mol. The van der Waals surface area contributed by atoms with Crippen LogP contribution in [0, 0.1) is 5.82 Å². The molecule has 0 N–H and O–H groups in total. The highest BCUT2D eigenvalue weighted by Gasteiger charge is 2.36. The number of carbonyl (C=O) groups is 1. The number of carbonyl (C=O) groups excluding carboxylic acids is 1. The molecule has 7 heteroatoms. The number of rotatable bonds is 4. The van der Waals surface area contributed by atoms with Gasteiger partial charge in [-0.1, -0.05) is 47.9 Å². The van der Waals surface area contributed by atoms with Gasteiger partial charge in [0.25, 0.3) is 0 Å². The number of hydrogen-bond acceptors (Lipinski definition) is 4. The van der Waals surface area contributed by atoms with Gasteiger partial charge in [0.05, 0.1) is 16.6 Å². The fourth-order valence-corrected chi connectivity index (χ4v) is 3.48. The first kappa shape index (κ1) is 17.7. The number of nitrogens with zero attached hydrogens (tertiary/aromatic N) is 3. The Morgan fingerprint density at radius 3 is 2.74 bits per heavy atom. The van der Waals surface area contributed by atoms with Gasteiger partial charge in [0.2, 0.25) is 17.6 Å². The maximum absolute atomic E-state index is 13.3. The molecule has 27 heavy (non-hydrogen) atoms. The summed E-state index contributed by atoms with van der Waals surface area (Å²) in [5, 5.41) is 4.25. The molecule has 1 aromatic heterocycles. The van der Waals surface area contributed by atoms with Gasteiger partial charge in [0.1, 0.15) is 5.82 Å². The van der Waals surface area contributed by atoms with E-state index in [1.807, 2.05) is 24.3 Å². The van der Waals surface area contributed by atoms with Crippen LogP contribution in [0.15, 0.2) is 47.0 Å². The smallest absolute Gasteiger partial charge is 0.232 e. The summed E-state index contributed by atoms with van der Waals surface area (Å²) < 4.78 is 18.7. The Morgan fingerprint density at radius 1 is 1.26 bits per heavy atom. The van der Waals surface area contributed by atoms with Crippen LogP contribution in [-0.2, 0) is 11.2 Å². The quantitative estimate of drug-likeness (QED) is 0.658. The van der Waals surface area contributed by atoms with Crippen molar-refractivity contribution in [1.82, 2.24) is 10.1 Å². The summed E-state index contributed by atoms with van der Waals surface area (Å²) in [4.78, 5) is 18.4. The largest absolute Gasteiger partial charge is 0.339 e. The second-order valence-electron chi connectivity index (χ2n) is 6.51. The zero-order valence-corrected chi connectivity index (χ0v) is 15.4. The zero-order chi connectivity index (χ0) is 19.0. The van der Waals surface area contributed by atoms with E-state index < -0.39 is 5.82 Å². The number of hydrogen-bond donors (Lipinski definition) is 0. The van der Waals surface area contributed by atoms with E-state index >= 15 is 0 Å². The number of anilines is 1. The van der Waals surface area contributed by atoms with Gasteiger partial charge in [-0.2, -0.15) is 4.98 Å². The first-order valence-electron chi connectivity index (χ1n) is 8.73. The molecule has 4 rings (SSSR count). The maximum atomic E-state index is 13.3. The van der Waals surface area contributed by atoms with Crippen LogP contribution in [0.5, 0.6) is 0 Å².